The largest absolute Gasteiger partial charge is 0.489 e. The summed E-state index contributed by atoms with van der Waals surface area (Å²) in [6.07, 6.45) is 2.93. The van der Waals surface area contributed by atoms with Crippen LogP contribution in [0.15, 0.2) is 18.3 Å². The van der Waals surface area contributed by atoms with Crippen LogP contribution >= 0.6 is 23.2 Å². The monoisotopic (exact) mass is 494 g/mol. The number of benzene rings is 1. The van der Waals surface area contributed by atoms with Crippen molar-refractivity contribution in [3.63, 3.8) is 0 Å². The van der Waals surface area contributed by atoms with Crippen LogP contribution in [0.1, 0.15) is 64.5 Å². The van der Waals surface area contributed by atoms with Gasteiger partial charge >= 0.3 is 6.09 Å². The first kappa shape index (κ1) is 25.4. The molecule has 1 aliphatic heterocycles. The minimum atomic E-state index is -0.492. The lowest BCUT2D eigenvalue weighted by atomic mass is 9.86. The Morgan fingerprint density at radius 1 is 1.21 bits per heavy atom. The second kappa shape index (κ2) is 10.3. The van der Waals surface area contributed by atoms with E-state index in [-0.39, 0.29) is 17.4 Å². The molecule has 0 spiro atoms. The Labute approximate surface area is 205 Å². The number of piperidine rings is 1. The van der Waals surface area contributed by atoms with Crippen LogP contribution in [-0.4, -0.2) is 45.8 Å². The van der Waals surface area contributed by atoms with Crippen LogP contribution in [0.3, 0.4) is 0 Å². The van der Waals surface area contributed by atoms with E-state index in [1.807, 2.05) is 40.7 Å². The predicted molar refractivity (Wildman–Crippen MR) is 132 cm³/mol. The second-order valence-corrected chi connectivity index (χ2v) is 10.3. The first-order chi connectivity index (χ1) is 15.4. The summed E-state index contributed by atoms with van der Waals surface area (Å²) in [7, 11) is 0. The van der Waals surface area contributed by atoms with Gasteiger partial charge in [-0.15, -0.1) is 0 Å². The van der Waals surface area contributed by atoms with Gasteiger partial charge in [-0.05, 0) is 83.6 Å². The minimum Gasteiger partial charge on any atom is -0.489 e. The number of rotatable bonds is 5. The summed E-state index contributed by atoms with van der Waals surface area (Å²) < 4.78 is 11.6. The molecule has 0 radical (unpaired) electrons. The summed E-state index contributed by atoms with van der Waals surface area (Å²) in [6.45, 7) is 13.0. The number of amides is 1. The van der Waals surface area contributed by atoms with E-state index < -0.39 is 5.60 Å². The molecule has 0 bridgehead atoms. The number of carbonyl (C=O) groups is 1. The highest BCUT2D eigenvalue weighted by atomic mass is 35.5. The van der Waals surface area contributed by atoms with Gasteiger partial charge in [0.15, 0.2) is 5.15 Å². The van der Waals surface area contributed by atoms with E-state index in [0.717, 1.165) is 29.8 Å². The molecular weight excluding hydrogens is 463 g/mol. The Kier molecular flexibility index (Phi) is 7.96. The molecule has 33 heavy (non-hydrogen) atoms. The Morgan fingerprint density at radius 3 is 2.45 bits per heavy atom. The standard InChI is InChI=1S/C24H32Cl2N4O3/c1-14(2)32-20-12-17(16-7-9-30(10-8-16)23(31)33-24(4,5)6)15(3)11-19(20)28-22-27-13-18(25)21(26)29-22/h11-14,16H,7-10H2,1-6H3,(H,27,28,29). The fourth-order valence-corrected chi connectivity index (χ4v) is 4.04. The van der Waals surface area contributed by atoms with Crippen molar-refractivity contribution in [2.24, 2.45) is 0 Å². The molecule has 1 amide bonds. The Balaban J connectivity index is 1.79. The van der Waals surface area contributed by atoms with Crippen molar-refractivity contribution < 1.29 is 14.3 Å². The summed E-state index contributed by atoms with van der Waals surface area (Å²) in [6, 6.07) is 4.13. The number of aryl methyl sites for hydroxylation is 1. The summed E-state index contributed by atoms with van der Waals surface area (Å²) in [4.78, 5) is 22.6. The molecule has 0 atom stereocenters. The van der Waals surface area contributed by atoms with Gasteiger partial charge in [0.2, 0.25) is 5.95 Å². The van der Waals surface area contributed by atoms with E-state index in [9.17, 15) is 4.79 Å². The zero-order valence-corrected chi connectivity index (χ0v) is 21.5. The molecule has 2 heterocycles. The van der Waals surface area contributed by atoms with Gasteiger partial charge in [0.1, 0.15) is 11.4 Å². The number of anilines is 2. The quantitative estimate of drug-likeness (QED) is 0.463. The maximum Gasteiger partial charge on any atom is 0.410 e. The van der Waals surface area contributed by atoms with Crippen molar-refractivity contribution in [2.75, 3.05) is 18.4 Å². The minimum absolute atomic E-state index is 0.00940. The molecule has 1 aromatic heterocycles. The Hall–Kier alpha value is -2.25. The molecule has 1 aromatic carbocycles. The number of hydrogen-bond donors (Lipinski definition) is 1. The third-order valence-corrected chi connectivity index (χ3v) is 5.93. The highest BCUT2D eigenvalue weighted by Crippen LogP contribution is 2.38. The first-order valence-corrected chi connectivity index (χ1v) is 11.9. The summed E-state index contributed by atoms with van der Waals surface area (Å²) in [5, 5.41) is 3.68. The third kappa shape index (κ3) is 6.87. The van der Waals surface area contributed by atoms with Crippen LogP contribution in [0.4, 0.5) is 16.4 Å². The highest BCUT2D eigenvalue weighted by molar-refractivity contribution is 6.41. The van der Waals surface area contributed by atoms with Crippen LogP contribution in [0, 0.1) is 6.92 Å². The van der Waals surface area contributed by atoms with E-state index in [1.165, 1.54) is 11.8 Å². The lowest BCUT2D eigenvalue weighted by molar-refractivity contribution is 0.0204. The van der Waals surface area contributed by atoms with Crippen LogP contribution in [-0.2, 0) is 4.74 Å². The van der Waals surface area contributed by atoms with E-state index in [1.54, 1.807) is 4.90 Å². The van der Waals surface area contributed by atoms with E-state index >= 15 is 0 Å². The lowest BCUT2D eigenvalue weighted by Gasteiger charge is -2.34. The van der Waals surface area contributed by atoms with Gasteiger partial charge in [-0.1, -0.05) is 23.2 Å². The SMILES string of the molecule is Cc1cc(Nc2ncc(Cl)c(Cl)n2)c(OC(C)C)cc1C1CCN(C(=O)OC(C)(C)C)CC1. The number of nitrogens with one attached hydrogen (secondary N) is 1. The van der Waals surface area contributed by atoms with Crippen molar-refractivity contribution in [3.05, 3.63) is 39.6 Å². The number of aromatic nitrogens is 2. The van der Waals surface area contributed by atoms with Gasteiger partial charge in [0, 0.05) is 13.1 Å². The van der Waals surface area contributed by atoms with Crippen molar-refractivity contribution in [3.8, 4) is 5.75 Å². The summed E-state index contributed by atoms with van der Waals surface area (Å²) in [5.74, 6) is 1.39. The maximum absolute atomic E-state index is 12.4. The fourth-order valence-electron chi connectivity index (χ4n) is 3.82. The Morgan fingerprint density at radius 2 is 1.88 bits per heavy atom. The molecule has 1 aliphatic rings. The zero-order valence-electron chi connectivity index (χ0n) is 20.0. The van der Waals surface area contributed by atoms with Gasteiger partial charge in [0.25, 0.3) is 0 Å². The second-order valence-electron chi connectivity index (χ2n) is 9.57. The van der Waals surface area contributed by atoms with Gasteiger partial charge < -0.3 is 19.7 Å². The molecule has 1 fully saturated rings. The number of nitrogens with zero attached hydrogens (tertiary/aromatic N) is 3. The van der Waals surface area contributed by atoms with Gasteiger partial charge in [-0.2, -0.15) is 4.98 Å². The average molecular weight is 495 g/mol. The van der Waals surface area contributed by atoms with Gasteiger partial charge in [-0.3, -0.25) is 0 Å². The Bertz CT molecular complexity index is 1000. The number of ether oxygens (including phenoxy) is 2. The van der Waals surface area contributed by atoms with E-state index in [2.05, 4.69) is 28.3 Å². The van der Waals surface area contributed by atoms with Crippen molar-refractivity contribution in [1.29, 1.82) is 0 Å². The molecule has 9 heteroatoms. The third-order valence-electron chi connectivity index (χ3n) is 5.27. The highest BCUT2D eigenvalue weighted by Gasteiger charge is 2.28. The van der Waals surface area contributed by atoms with Crippen LogP contribution in [0.25, 0.3) is 0 Å². The van der Waals surface area contributed by atoms with E-state index in [0.29, 0.717) is 30.0 Å². The number of likely N-dealkylation sites (tertiary alicyclic amines) is 1. The number of halogens is 2. The van der Waals surface area contributed by atoms with Gasteiger partial charge in [-0.25, -0.2) is 9.78 Å². The maximum atomic E-state index is 12.4. The van der Waals surface area contributed by atoms with Crippen LogP contribution in [0.2, 0.25) is 10.2 Å². The van der Waals surface area contributed by atoms with Gasteiger partial charge in [0.05, 0.1) is 23.0 Å². The van der Waals surface area contributed by atoms with Crippen molar-refractivity contribution in [1.82, 2.24) is 14.9 Å². The topological polar surface area (TPSA) is 76.6 Å². The molecule has 2 aromatic rings. The van der Waals surface area contributed by atoms with Crippen LogP contribution in [0.5, 0.6) is 5.75 Å². The normalized spacial score (nSPS) is 15.0. The summed E-state index contributed by atoms with van der Waals surface area (Å²) >= 11 is 12.0. The van der Waals surface area contributed by atoms with E-state index in [4.69, 9.17) is 32.7 Å². The van der Waals surface area contributed by atoms with Crippen molar-refractivity contribution in [2.45, 2.75) is 72.0 Å². The van der Waals surface area contributed by atoms with Crippen LogP contribution < -0.4 is 10.1 Å². The molecule has 3 rings (SSSR count). The molecule has 1 N–H and O–H groups in total. The summed E-state index contributed by atoms with van der Waals surface area (Å²) in [5.41, 5.74) is 2.61. The molecule has 7 nitrogen and oxygen atoms in total. The molecule has 0 unspecified atom stereocenters. The predicted octanol–water partition coefficient (Wildman–Crippen LogP) is 6.74. The number of hydrogen-bond acceptors (Lipinski definition) is 6. The molecule has 0 saturated carbocycles. The lowest BCUT2D eigenvalue weighted by Crippen LogP contribution is -2.41. The zero-order chi connectivity index (χ0) is 24.3. The number of carbonyl (C=O) groups excluding carboxylic acids is 1. The van der Waals surface area contributed by atoms with Crippen molar-refractivity contribution >= 4 is 40.9 Å². The fraction of sp³-hybridized carbons (Fsp3) is 0.542. The smallest absolute Gasteiger partial charge is 0.410 e. The molecule has 1 saturated heterocycles. The molecule has 0 aliphatic carbocycles. The molecule has 180 valence electrons. The molecular formula is C24H32Cl2N4O3. The average Bonchev–Trinajstić information content (AvgIpc) is 2.71. The first-order valence-electron chi connectivity index (χ1n) is 11.2.